The summed E-state index contributed by atoms with van der Waals surface area (Å²) < 4.78 is 0. The third-order valence-corrected chi connectivity index (χ3v) is 2.97. The minimum absolute atomic E-state index is 0.129. The van der Waals surface area contributed by atoms with Gasteiger partial charge in [-0.25, -0.2) is 0 Å². The minimum atomic E-state index is -0.537. The van der Waals surface area contributed by atoms with Crippen LogP contribution in [0.3, 0.4) is 0 Å². The maximum atomic E-state index is 11.8. The molecule has 1 aromatic rings. The number of amides is 2. The Balaban J connectivity index is 1.81. The van der Waals surface area contributed by atoms with Crippen molar-refractivity contribution in [3.63, 3.8) is 0 Å². The Kier molecular flexibility index (Phi) is 4.04. The van der Waals surface area contributed by atoms with Crippen LogP contribution in [-0.4, -0.2) is 29.0 Å². The Morgan fingerprint density at radius 1 is 1.42 bits per heavy atom. The second kappa shape index (κ2) is 5.73. The quantitative estimate of drug-likeness (QED) is 0.731. The first-order chi connectivity index (χ1) is 9.04. The van der Waals surface area contributed by atoms with E-state index in [-0.39, 0.29) is 30.0 Å². The van der Waals surface area contributed by atoms with Crippen LogP contribution >= 0.6 is 0 Å². The van der Waals surface area contributed by atoms with Crippen molar-refractivity contribution in [2.45, 2.75) is 38.3 Å². The second-order valence-electron chi connectivity index (χ2n) is 4.92. The van der Waals surface area contributed by atoms with E-state index in [9.17, 15) is 14.7 Å². The summed E-state index contributed by atoms with van der Waals surface area (Å²) >= 11 is 0. The molecule has 2 amide bonds. The van der Waals surface area contributed by atoms with Gasteiger partial charge in [0, 0.05) is 6.04 Å². The maximum Gasteiger partial charge on any atom is 0.242 e. The van der Waals surface area contributed by atoms with Crippen molar-refractivity contribution in [1.29, 1.82) is 0 Å². The molecule has 0 heterocycles. The number of hydrogen-bond donors (Lipinski definition) is 3. The van der Waals surface area contributed by atoms with E-state index in [2.05, 4.69) is 10.6 Å². The van der Waals surface area contributed by atoms with Gasteiger partial charge in [-0.2, -0.15) is 0 Å². The van der Waals surface area contributed by atoms with E-state index < -0.39 is 6.04 Å². The molecule has 5 nitrogen and oxygen atoms in total. The Morgan fingerprint density at radius 3 is 2.79 bits per heavy atom. The molecule has 1 fully saturated rings. The Bertz CT molecular complexity index is 483. The summed E-state index contributed by atoms with van der Waals surface area (Å²) in [5.41, 5.74) is 0.715. The van der Waals surface area contributed by atoms with Crippen molar-refractivity contribution in [2.24, 2.45) is 0 Å². The van der Waals surface area contributed by atoms with Gasteiger partial charge in [0.05, 0.1) is 6.42 Å². The molecule has 0 aliphatic heterocycles. The molecule has 0 spiro atoms. The fourth-order valence-corrected chi connectivity index (χ4v) is 1.76. The second-order valence-corrected chi connectivity index (χ2v) is 4.92. The summed E-state index contributed by atoms with van der Waals surface area (Å²) in [5.74, 6) is -0.249. The van der Waals surface area contributed by atoms with Crippen LogP contribution in [0.25, 0.3) is 0 Å². The van der Waals surface area contributed by atoms with Gasteiger partial charge in [0.25, 0.3) is 0 Å². The summed E-state index contributed by atoms with van der Waals surface area (Å²) in [6, 6.07) is 6.28. The number of aromatic hydroxyl groups is 1. The highest BCUT2D eigenvalue weighted by Gasteiger charge is 2.26. The van der Waals surface area contributed by atoms with Crippen LogP contribution in [0, 0.1) is 0 Å². The van der Waals surface area contributed by atoms with Crippen LogP contribution in [0.15, 0.2) is 24.3 Å². The van der Waals surface area contributed by atoms with E-state index in [0.717, 1.165) is 12.8 Å². The minimum Gasteiger partial charge on any atom is -0.508 e. The van der Waals surface area contributed by atoms with Crippen LogP contribution in [0.1, 0.15) is 25.3 Å². The highest BCUT2D eigenvalue weighted by molar-refractivity contribution is 5.88. The topological polar surface area (TPSA) is 78.4 Å². The molecule has 0 radical (unpaired) electrons. The SMILES string of the molecule is CC(NC(=O)Cc1cccc(O)c1)C(=O)NC1CC1. The third-order valence-electron chi connectivity index (χ3n) is 2.97. The van der Waals surface area contributed by atoms with Crippen LogP contribution in [0.5, 0.6) is 5.75 Å². The standard InChI is InChI=1S/C14H18N2O3/c1-9(14(19)16-11-5-6-11)15-13(18)8-10-3-2-4-12(17)7-10/h2-4,7,9,11,17H,5-6,8H2,1H3,(H,15,18)(H,16,19). The monoisotopic (exact) mass is 262 g/mol. The number of carbonyl (C=O) groups is 2. The predicted molar refractivity (Wildman–Crippen MR) is 70.6 cm³/mol. The molecule has 0 bridgehead atoms. The Morgan fingerprint density at radius 2 is 2.16 bits per heavy atom. The van der Waals surface area contributed by atoms with Crippen molar-refractivity contribution < 1.29 is 14.7 Å². The average Bonchev–Trinajstić information content (AvgIpc) is 3.12. The van der Waals surface area contributed by atoms with Crippen molar-refractivity contribution >= 4 is 11.8 Å². The summed E-state index contributed by atoms with van der Waals surface area (Å²) in [7, 11) is 0. The van der Waals surface area contributed by atoms with Gasteiger partial charge in [0.1, 0.15) is 11.8 Å². The molecule has 0 aromatic heterocycles. The van der Waals surface area contributed by atoms with Gasteiger partial charge in [-0.05, 0) is 37.5 Å². The van der Waals surface area contributed by atoms with E-state index in [1.807, 2.05) is 0 Å². The van der Waals surface area contributed by atoms with E-state index >= 15 is 0 Å². The molecule has 0 saturated heterocycles. The zero-order valence-electron chi connectivity index (χ0n) is 10.8. The molecule has 1 aliphatic rings. The summed E-state index contributed by atoms with van der Waals surface area (Å²) in [6.07, 6.45) is 2.20. The van der Waals surface area contributed by atoms with E-state index in [1.54, 1.807) is 25.1 Å². The van der Waals surface area contributed by atoms with Crippen LogP contribution in [-0.2, 0) is 16.0 Å². The third kappa shape index (κ3) is 4.28. The maximum absolute atomic E-state index is 11.8. The first-order valence-corrected chi connectivity index (χ1v) is 6.42. The Labute approximate surface area is 112 Å². The lowest BCUT2D eigenvalue weighted by molar-refractivity contribution is -0.128. The number of phenolic OH excluding ortho intramolecular Hbond substituents is 1. The fraction of sp³-hybridized carbons (Fsp3) is 0.429. The van der Waals surface area contributed by atoms with Crippen molar-refractivity contribution in [3.8, 4) is 5.75 Å². The normalized spacial score (nSPS) is 15.6. The highest BCUT2D eigenvalue weighted by atomic mass is 16.3. The number of carbonyl (C=O) groups excluding carboxylic acids is 2. The van der Waals surface area contributed by atoms with Crippen molar-refractivity contribution in [1.82, 2.24) is 10.6 Å². The molecule has 2 rings (SSSR count). The summed E-state index contributed by atoms with van der Waals surface area (Å²) in [5, 5.41) is 14.8. The molecule has 1 atom stereocenters. The van der Waals surface area contributed by atoms with Gasteiger partial charge >= 0.3 is 0 Å². The molecular formula is C14H18N2O3. The molecule has 1 saturated carbocycles. The van der Waals surface area contributed by atoms with Crippen LogP contribution in [0.2, 0.25) is 0 Å². The van der Waals surface area contributed by atoms with Crippen molar-refractivity contribution in [3.05, 3.63) is 29.8 Å². The lowest BCUT2D eigenvalue weighted by Gasteiger charge is -2.13. The number of nitrogens with one attached hydrogen (secondary N) is 2. The fourth-order valence-electron chi connectivity index (χ4n) is 1.76. The molecule has 1 aromatic carbocycles. The van der Waals surface area contributed by atoms with Crippen LogP contribution in [0.4, 0.5) is 0 Å². The first kappa shape index (κ1) is 13.4. The van der Waals surface area contributed by atoms with Crippen LogP contribution < -0.4 is 10.6 Å². The van der Waals surface area contributed by atoms with E-state index in [0.29, 0.717) is 5.56 Å². The molecule has 3 N–H and O–H groups in total. The molecule has 1 aliphatic carbocycles. The molecule has 19 heavy (non-hydrogen) atoms. The molecule has 102 valence electrons. The Hall–Kier alpha value is -2.04. The van der Waals surface area contributed by atoms with Gasteiger partial charge in [-0.3, -0.25) is 9.59 Å². The summed E-state index contributed by atoms with van der Waals surface area (Å²) in [6.45, 7) is 1.66. The first-order valence-electron chi connectivity index (χ1n) is 6.42. The number of rotatable bonds is 5. The van der Waals surface area contributed by atoms with Crippen molar-refractivity contribution in [2.75, 3.05) is 0 Å². The lowest BCUT2D eigenvalue weighted by atomic mass is 10.1. The predicted octanol–water partition coefficient (Wildman–Crippen LogP) is 0.718. The average molecular weight is 262 g/mol. The van der Waals surface area contributed by atoms with E-state index in [1.165, 1.54) is 6.07 Å². The highest BCUT2D eigenvalue weighted by Crippen LogP contribution is 2.18. The lowest BCUT2D eigenvalue weighted by Crippen LogP contribution is -2.45. The van der Waals surface area contributed by atoms with Gasteiger partial charge in [-0.1, -0.05) is 12.1 Å². The number of benzene rings is 1. The number of hydrogen-bond acceptors (Lipinski definition) is 3. The largest absolute Gasteiger partial charge is 0.508 e. The molecule has 5 heteroatoms. The summed E-state index contributed by atoms with van der Waals surface area (Å²) in [4.78, 5) is 23.4. The van der Waals surface area contributed by atoms with Gasteiger partial charge in [-0.15, -0.1) is 0 Å². The van der Waals surface area contributed by atoms with Gasteiger partial charge < -0.3 is 15.7 Å². The molecular weight excluding hydrogens is 244 g/mol. The number of phenols is 1. The zero-order chi connectivity index (χ0) is 13.8. The smallest absolute Gasteiger partial charge is 0.242 e. The molecule has 1 unspecified atom stereocenters. The van der Waals surface area contributed by atoms with Gasteiger partial charge in [0.2, 0.25) is 11.8 Å². The zero-order valence-corrected chi connectivity index (χ0v) is 10.8. The van der Waals surface area contributed by atoms with E-state index in [4.69, 9.17) is 0 Å². The van der Waals surface area contributed by atoms with Gasteiger partial charge in [0.15, 0.2) is 0 Å².